The van der Waals surface area contributed by atoms with Crippen LogP contribution in [0.2, 0.25) is 5.02 Å². The lowest BCUT2D eigenvalue weighted by molar-refractivity contribution is 0.0959. The molecule has 1 aliphatic carbocycles. The highest BCUT2D eigenvalue weighted by atomic mass is 35.5. The Morgan fingerprint density at radius 2 is 2.12 bits per heavy atom. The van der Waals surface area contributed by atoms with E-state index in [4.69, 9.17) is 16.3 Å². The van der Waals surface area contributed by atoms with Gasteiger partial charge in [-0.3, -0.25) is 4.79 Å². The number of carbonyl (C=O) groups excluding carboxylic acids is 1. The van der Waals surface area contributed by atoms with E-state index < -0.39 is 0 Å². The highest BCUT2D eigenvalue weighted by molar-refractivity contribution is 7.14. The van der Waals surface area contributed by atoms with E-state index in [2.05, 4.69) is 10.5 Å². The molecule has 2 N–H and O–H groups in total. The molecule has 132 valence electrons. The van der Waals surface area contributed by atoms with Crippen LogP contribution < -0.4 is 10.2 Å². The van der Waals surface area contributed by atoms with Crippen molar-refractivity contribution in [2.24, 2.45) is 5.10 Å². The van der Waals surface area contributed by atoms with Crippen molar-refractivity contribution in [2.75, 3.05) is 7.11 Å². The van der Waals surface area contributed by atoms with E-state index in [0.29, 0.717) is 10.4 Å². The Morgan fingerprint density at radius 1 is 1.32 bits per heavy atom. The second kappa shape index (κ2) is 7.89. The summed E-state index contributed by atoms with van der Waals surface area (Å²) in [6.07, 6.45) is 7.20. The third-order valence-electron chi connectivity index (χ3n) is 4.12. The fourth-order valence-electron chi connectivity index (χ4n) is 2.82. The van der Waals surface area contributed by atoms with E-state index in [0.717, 1.165) is 12.8 Å². The number of benzene rings is 1. The van der Waals surface area contributed by atoms with Gasteiger partial charge in [0.1, 0.15) is 0 Å². The van der Waals surface area contributed by atoms with Gasteiger partial charge in [0.2, 0.25) is 0 Å². The van der Waals surface area contributed by atoms with Gasteiger partial charge >= 0.3 is 0 Å². The van der Waals surface area contributed by atoms with Crippen LogP contribution in [0.1, 0.15) is 44.9 Å². The number of hydrogen-bond acceptors (Lipinski definition) is 5. The number of amides is 1. The van der Waals surface area contributed by atoms with Crippen molar-refractivity contribution in [3.8, 4) is 11.5 Å². The van der Waals surface area contributed by atoms with Crippen LogP contribution >= 0.6 is 22.9 Å². The topological polar surface area (TPSA) is 70.9 Å². The van der Waals surface area contributed by atoms with E-state index in [9.17, 15) is 9.90 Å². The number of carbonyl (C=O) groups is 1. The number of thiophene rings is 1. The smallest absolute Gasteiger partial charge is 0.281 e. The van der Waals surface area contributed by atoms with Crippen LogP contribution in [0.15, 0.2) is 23.3 Å². The van der Waals surface area contributed by atoms with Crippen LogP contribution in [0.5, 0.6) is 11.5 Å². The molecule has 1 aromatic carbocycles. The van der Waals surface area contributed by atoms with Gasteiger partial charge in [0.15, 0.2) is 11.5 Å². The molecule has 1 aliphatic rings. The molecular weight excluding hydrogens is 360 g/mol. The average Bonchev–Trinajstić information content (AvgIpc) is 2.88. The maximum Gasteiger partial charge on any atom is 0.281 e. The maximum atomic E-state index is 12.3. The summed E-state index contributed by atoms with van der Waals surface area (Å²) in [5, 5.41) is 13.9. The van der Waals surface area contributed by atoms with Crippen LogP contribution in [0.25, 0.3) is 0 Å². The maximum absolute atomic E-state index is 12.3. The number of hydrazone groups is 1. The van der Waals surface area contributed by atoms with Crippen molar-refractivity contribution >= 4 is 35.1 Å². The Kier molecular flexibility index (Phi) is 5.60. The van der Waals surface area contributed by atoms with Crippen LogP contribution in [-0.4, -0.2) is 24.3 Å². The van der Waals surface area contributed by atoms with Gasteiger partial charge in [0.25, 0.3) is 5.91 Å². The molecule has 25 heavy (non-hydrogen) atoms. The monoisotopic (exact) mass is 378 g/mol. The molecule has 0 saturated heterocycles. The lowest BCUT2D eigenvalue weighted by Gasteiger charge is -2.05. The van der Waals surface area contributed by atoms with Crippen molar-refractivity contribution in [3.63, 3.8) is 0 Å². The molecule has 7 heteroatoms. The molecule has 1 aromatic heterocycles. The molecule has 0 bridgehead atoms. The molecule has 0 saturated carbocycles. The molecule has 5 nitrogen and oxygen atoms in total. The van der Waals surface area contributed by atoms with Gasteiger partial charge in [0.05, 0.1) is 23.2 Å². The van der Waals surface area contributed by atoms with Gasteiger partial charge in [0, 0.05) is 4.88 Å². The molecule has 0 unspecified atom stereocenters. The normalized spacial score (nSPS) is 14.2. The van der Waals surface area contributed by atoms with Crippen LogP contribution in [0, 0.1) is 0 Å². The van der Waals surface area contributed by atoms with E-state index >= 15 is 0 Å². The minimum Gasteiger partial charge on any atom is -0.503 e. The summed E-state index contributed by atoms with van der Waals surface area (Å²) >= 11 is 7.48. The van der Waals surface area contributed by atoms with Gasteiger partial charge in [-0.2, -0.15) is 5.10 Å². The number of methoxy groups -OCH3 is 1. The first-order valence-corrected chi connectivity index (χ1v) is 9.29. The lowest BCUT2D eigenvalue weighted by atomic mass is 10.1. The fraction of sp³-hybridized carbons (Fsp3) is 0.333. The van der Waals surface area contributed by atoms with Crippen molar-refractivity contribution in [1.29, 1.82) is 0 Å². The number of hydrogen-bond donors (Lipinski definition) is 2. The molecule has 0 fully saturated rings. The van der Waals surface area contributed by atoms with Crippen molar-refractivity contribution in [2.45, 2.75) is 32.1 Å². The van der Waals surface area contributed by atoms with Crippen LogP contribution in [0.4, 0.5) is 0 Å². The molecule has 0 radical (unpaired) electrons. The van der Waals surface area contributed by atoms with Crippen LogP contribution in [-0.2, 0) is 12.8 Å². The predicted octanol–water partition coefficient (Wildman–Crippen LogP) is 4.15. The third kappa shape index (κ3) is 4.14. The Labute approximate surface area is 155 Å². The summed E-state index contributed by atoms with van der Waals surface area (Å²) < 4.78 is 5.04. The molecule has 3 rings (SSSR count). The number of nitrogens with one attached hydrogen (secondary N) is 1. The first-order valence-electron chi connectivity index (χ1n) is 8.10. The molecule has 1 amide bonds. The van der Waals surface area contributed by atoms with Gasteiger partial charge in [-0.25, -0.2) is 5.43 Å². The number of phenolic OH excluding ortho intramolecular Hbond substituents is 1. The summed E-state index contributed by atoms with van der Waals surface area (Å²) in [5.41, 5.74) is 4.45. The number of ether oxygens (including phenoxy) is 1. The van der Waals surface area contributed by atoms with E-state index in [1.807, 2.05) is 6.07 Å². The predicted molar refractivity (Wildman–Crippen MR) is 100 cm³/mol. The highest BCUT2D eigenvalue weighted by Crippen LogP contribution is 2.34. The van der Waals surface area contributed by atoms with Crippen LogP contribution in [0.3, 0.4) is 0 Å². The third-order valence-corrected chi connectivity index (χ3v) is 5.64. The van der Waals surface area contributed by atoms with Crippen molar-refractivity contribution < 1.29 is 14.6 Å². The molecule has 0 aliphatic heterocycles. The summed E-state index contributed by atoms with van der Waals surface area (Å²) in [7, 11) is 1.44. The van der Waals surface area contributed by atoms with E-state index in [1.165, 1.54) is 43.0 Å². The molecule has 0 spiro atoms. The van der Waals surface area contributed by atoms with Crippen molar-refractivity contribution in [3.05, 3.63) is 44.1 Å². The number of aromatic hydroxyl groups is 1. The molecular formula is C18H19ClN2O3S. The Balaban J connectivity index is 1.68. The zero-order valence-electron chi connectivity index (χ0n) is 13.8. The molecule has 1 heterocycles. The van der Waals surface area contributed by atoms with Gasteiger partial charge in [-0.1, -0.05) is 18.0 Å². The van der Waals surface area contributed by atoms with Gasteiger partial charge < -0.3 is 9.84 Å². The number of phenols is 1. The first-order chi connectivity index (χ1) is 12.1. The standard InChI is InChI=1S/C18H19ClN2O3S/c1-24-14-8-11(7-13(19)17(14)22)10-20-21-18(23)16-9-12-5-3-2-4-6-15(12)25-16/h7-10,22H,2-6H2,1H3,(H,21,23)/b20-10+. The summed E-state index contributed by atoms with van der Waals surface area (Å²) in [6, 6.07) is 5.11. The average molecular weight is 379 g/mol. The van der Waals surface area contributed by atoms with E-state index in [1.54, 1.807) is 23.5 Å². The largest absolute Gasteiger partial charge is 0.503 e. The van der Waals surface area contributed by atoms with Crippen molar-refractivity contribution in [1.82, 2.24) is 5.43 Å². The zero-order chi connectivity index (χ0) is 17.8. The second-order valence-electron chi connectivity index (χ2n) is 5.87. The number of halogens is 1. The number of fused-ring (bicyclic) bond motifs is 1. The minimum atomic E-state index is -0.217. The summed E-state index contributed by atoms with van der Waals surface area (Å²) in [5.74, 6) is -0.0844. The highest BCUT2D eigenvalue weighted by Gasteiger charge is 2.16. The molecule has 0 atom stereocenters. The number of rotatable bonds is 4. The fourth-order valence-corrected chi connectivity index (χ4v) is 4.19. The van der Waals surface area contributed by atoms with E-state index in [-0.39, 0.29) is 22.4 Å². The summed E-state index contributed by atoms with van der Waals surface area (Å²) in [6.45, 7) is 0. The summed E-state index contributed by atoms with van der Waals surface area (Å²) in [4.78, 5) is 14.3. The SMILES string of the molecule is COc1cc(/C=N/NC(=O)c2cc3c(s2)CCCCC3)cc(Cl)c1O. The zero-order valence-corrected chi connectivity index (χ0v) is 15.4. The first kappa shape index (κ1) is 17.8. The Bertz CT molecular complexity index is 793. The lowest BCUT2D eigenvalue weighted by Crippen LogP contribution is -2.16. The molecule has 2 aromatic rings. The van der Waals surface area contributed by atoms with Gasteiger partial charge in [-0.15, -0.1) is 11.3 Å². The number of nitrogens with zero attached hydrogens (tertiary/aromatic N) is 1. The Morgan fingerprint density at radius 3 is 2.92 bits per heavy atom. The quantitative estimate of drug-likeness (QED) is 0.477. The second-order valence-corrected chi connectivity index (χ2v) is 7.42. The minimum absolute atomic E-state index is 0.120. The van der Waals surface area contributed by atoms with Gasteiger partial charge in [-0.05, 0) is 55.0 Å². The number of aryl methyl sites for hydroxylation is 2. The Hall–Kier alpha value is -2.05.